The first-order valence-electron chi connectivity index (χ1n) is 13.6. The van der Waals surface area contributed by atoms with Gasteiger partial charge in [-0.05, 0) is 57.7 Å². The minimum Gasteiger partial charge on any atom is -0.490 e. The topological polar surface area (TPSA) is 139 Å². The van der Waals surface area contributed by atoms with Gasteiger partial charge in [0.05, 0.1) is 11.7 Å². The molecule has 14 heteroatoms. The number of nitrogens with one attached hydrogen (secondary N) is 1. The first-order valence-corrected chi connectivity index (χ1v) is 13.6. The lowest BCUT2D eigenvalue weighted by molar-refractivity contribution is 0.0875. The van der Waals surface area contributed by atoms with Crippen LogP contribution in [0.5, 0.6) is 11.6 Å². The summed E-state index contributed by atoms with van der Waals surface area (Å²) in [5, 5.41) is 12.3. The molecule has 1 fully saturated rings. The number of aryl methyl sites for hydroxylation is 1. The van der Waals surface area contributed by atoms with E-state index >= 15 is 0 Å². The zero-order valence-electron chi connectivity index (χ0n) is 23.4. The lowest BCUT2D eigenvalue weighted by Gasteiger charge is -2.29. The molecule has 1 aliphatic carbocycles. The van der Waals surface area contributed by atoms with E-state index < -0.39 is 30.5 Å². The summed E-state index contributed by atoms with van der Waals surface area (Å²) in [6, 6.07) is 6.00. The lowest BCUT2D eigenvalue weighted by atomic mass is 9.92. The van der Waals surface area contributed by atoms with Gasteiger partial charge in [-0.25, -0.2) is 13.2 Å². The number of carbonyl (C=O) groups excluding carboxylic acids is 2. The number of nitrogens with two attached hydrogens (primary N) is 1. The first kappa shape index (κ1) is 29.1. The maximum atomic E-state index is 13.9. The molecule has 0 unspecified atom stereocenters. The number of alkyl halides is 3. The number of hydrogen-bond donors (Lipinski definition) is 2. The number of benzene rings is 1. The number of carbonyl (C=O) groups is 2. The summed E-state index contributed by atoms with van der Waals surface area (Å²) >= 11 is 0. The summed E-state index contributed by atoms with van der Waals surface area (Å²) in [7, 11) is 1.73. The van der Waals surface area contributed by atoms with Crippen molar-refractivity contribution in [3.8, 4) is 11.6 Å². The molecule has 1 aliphatic rings. The van der Waals surface area contributed by atoms with Gasteiger partial charge in [0.25, 0.3) is 18.2 Å². The molecule has 1 aromatic carbocycles. The molecule has 3 N–H and O–H groups in total. The van der Waals surface area contributed by atoms with Crippen molar-refractivity contribution in [2.24, 2.45) is 12.8 Å². The molecule has 42 heavy (non-hydrogen) atoms. The molecule has 0 aliphatic heterocycles. The molecule has 5 rings (SSSR count). The molecule has 0 bridgehead atoms. The van der Waals surface area contributed by atoms with Crippen LogP contribution >= 0.6 is 0 Å². The molecule has 0 radical (unpaired) electrons. The van der Waals surface area contributed by atoms with E-state index in [4.69, 9.17) is 15.2 Å². The van der Waals surface area contributed by atoms with Crippen LogP contribution in [0, 0.1) is 0 Å². The summed E-state index contributed by atoms with van der Waals surface area (Å²) < 4.78 is 54.7. The van der Waals surface area contributed by atoms with Gasteiger partial charge >= 0.3 is 0 Å². The van der Waals surface area contributed by atoms with Gasteiger partial charge in [0.15, 0.2) is 11.3 Å². The summed E-state index contributed by atoms with van der Waals surface area (Å²) in [5.41, 5.74) is 4.99. The molecule has 3 heterocycles. The van der Waals surface area contributed by atoms with E-state index in [0.29, 0.717) is 42.1 Å². The van der Waals surface area contributed by atoms with Gasteiger partial charge in [0.1, 0.15) is 36.2 Å². The second-order valence-electron chi connectivity index (χ2n) is 11.1. The molecule has 224 valence electrons. The Labute approximate surface area is 239 Å². The average molecular weight is 588 g/mol. The molecule has 11 nitrogen and oxygen atoms in total. The largest absolute Gasteiger partial charge is 0.490 e. The van der Waals surface area contributed by atoms with Gasteiger partial charge < -0.3 is 20.5 Å². The molecule has 2 amide bonds. The highest BCUT2D eigenvalue weighted by atomic mass is 19.3. The molecule has 3 aromatic heterocycles. The van der Waals surface area contributed by atoms with Gasteiger partial charge in [-0.2, -0.15) is 15.2 Å². The monoisotopic (exact) mass is 587 g/mol. The van der Waals surface area contributed by atoms with Crippen molar-refractivity contribution in [3.05, 3.63) is 41.7 Å². The van der Waals surface area contributed by atoms with Gasteiger partial charge in [-0.1, -0.05) is 0 Å². The van der Waals surface area contributed by atoms with Crippen molar-refractivity contribution >= 4 is 33.8 Å². The fraction of sp³-hybridized carbons (Fsp3) is 0.464. The van der Waals surface area contributed by atoms with E-state index in [2.05, 4.69) is 20.5 Å². The fourth-order valence-electron chi connectivity index (χ4n) is 5.00. The van der Waals surface area contributed by atoms with E-state index in [1.165, 1.54) is 19.9 Å². The van der Waals surface area contributed by atoms with Crippen LogP contribution in [0.25, 0.3) is 21.9 Å². The lowest BCUT2D eigenvalue weighted by Crippen LogP contribution is -2.40. The van der Waals surface area contributed by atoms with Crippen LogP contribution in [0.3, 0.4) is 0 Å². The Morgan fingerprint density at radius 1 is 1.19 bits per heavy atom. The molecule has 0 saturated heterocycles. The van der Waals surface area contributed by atoms with Crippen molar-refractivity contribution in [1.82, 2.24) is 29.9 Å². The van der Waals surface area contributed by atoms with Crippen LogP contribution < -0.4 is 20.5 Å². The van der Waals surface area contributed by atoms with Crippen LogP contribution in [0.4, 0.5) is 13.2 Å². The number of nitrogens with zero attached hydrogens (tertiary/aromatic N) is 5. The zero-order valence-corrected chi connectivity index (χ0v) is 23.4. The first-order chi connectivity index (χ1) is 19.9. The Balaban J connectivity index is 1.26. The summed E-state index contributed by atoms with van der Waals surface area (Å²) in [6.07, 6.45) is 0.920. The van der Waals surface area contributed by atoms with Crippen molar-refractivity contribution in [3.63, 3.8) is 0 Å². The number of ether oxygens (including phenoxy) is 2. The second-order valence-corrected chi connectivity index (χ2v) is 11.1. The maximum absolute atomic E-state index is 13.9. The smallest absolute Gasteiger partial charge is 0.272 e. The number of hydrogen-bond acceptors (Lipinski definition) is 7. The molecule has 1 saturated carbocycles. The Morgan fingerprint density at radius 2 is 1.93 bits per heavy atom. The number of primary amides is 1. The van der Waals surface area contributed by atoms with Crippen molar-refractivity contribution in [2.45, 2.75) is 70.3 Å². The van der Waals surface area contributed by atoms with E-state index in [9.17, 15) is 22.8 Å². The van der Waals surface area contributed by atoms with Gasteiger partial charge in [0, 0.05) is 29.9 Å². The second kappa shape index (κ2) is 11.5. The maximum Gasteiger partial charge on any atom is 0.272 e. The van der Waals surface area contributed by atoms with Crippen molar-refractivity contribution < 1.29 is 32.2 Å². The van der Waals surface area contributed by atoms with Crippen LogP contribution in [0.2, 0.25) is 0 Å². The normalized spacial score (nSPS) is 17.6. The highest BCUT2D eigenvalue weighted by Gasteiger charge is 2.28. The van der Waals surface area contributed by atoms with E-state index in [1.807, 2.05) is 0 Å². The quantitative estimate of drug-likeness (QED) is 0.287. The number of halogens is 3. The number of pyridine rings is 1. The summed E-state index contributed by atoms with van der Waals surface area (Å²) in [5.74, 6) is -0.728. The van der Waals surface area contributed by atoms with Crippen LogP contribution in [0.1, 0.15) is 60.4 Å². The Morgan fingerprint density at radius 3 is 2.60 bits per heavy atom. The number of fused-ring (bicyclic) bond motifs is 2. The van der Waals surface area contributed by atoms with Crippen LogP contribution in [0.15, 0.2) is 30.5 Å². The highest BCUT2D eigenvalue weighted by molar-refractivity contribution is 6.05. The zero-order chi connectivity index (χ0) is 30.2. The molecular formula is C28H32F3N7O4. The highest BCUT2D eigenvalue weighted by Crippen LogP contribution is 2.29. The van der Waals surface area contributed by atoms with E-state index in [1.54, 1.807) is 36.1 Å². The van der Waals surface area contributed by atoms with Gasteiger partial charge in [-0.3, -0.25) is 19.0 Å². The number of aromatic nitrogens is 5. The molecule has 0 atom stereocenters. The molecule has 4 aromatic rings. The summed E-state index contributed by atoms with van der Waals surface area (Å²) in [6.45, 7) is 1.80. The van der Waals surface area contributed by atoms with Crippen LogP contribution in [-0.2, 0) is 13.6 Å². The third-order valence-electron chi connectivity index (χ3n) is 7.06. The average Bonchev–Trinajstić information content (AvgIpc) is 3.47. The third kappa shape index (κ3) is 6.42. The SMILES string of the molecule is Cn1ncc2cc(C(N)=O)c(OC3CCC(NC(=O)c4nn(CC(F)F)c5cc(OCC(C)(C)F)ccc45)CC3)nc21. The van der Waals surface area contributed by atoms with E-state index in [-0.39, 0.29) is 47.2 Å². The van der Waals surface area contributed by atoms with E-state index in [0.717, 1.165) is 4.68 Å². The van der Waals surface area contributed by atoms with Crippen molar-refractivity contribution in [1.29, 1.82) is 0 Å². The Hall–Kier alpha value is -4.36. The van der Waals surface area contributed by atoms with Gasteiger partial charge in [0.2, 0.25) is 5.88 Å². The minimum atomic E-state index is -2.70. The number of amides is 2. The predicted octanol–water partition coefficient (Wildman–Crippen LogP) is 3.93. The Kier molecular flexibility index (Phi) is 7.97. The summed E-state index contributed by atoms with van der Waals surface area (Å²) in [4.78, 5) is 29.7. The fourth-order valence-corrected chi connectivity index (χ4v) is 5.00. The predicted molar refractivity (Wildman–Crippen MR) is 148 cm³/mol. The third-order valence-corrected chi connectivity index (χ3v) is 7.06. The van der Waals surface area contributed by atoms with Crippen LogP contribution in [-0.4, -0.2) is 67.2 Å². The Bertz CT molecular complexity index is 1620. The molecule has 0 spiro atoms. The molecular weight excluding hydrogens is 555 g/mol. The minimum absolute atomic E-state index is 0.0150. The van der Waals surface area contributed by atoms with Gasteiger partial charge in [-0.15, -0.1) is 0 Å². The standard InChI is InChI=1S/C28H32F3N7O4/c1-28(2,31)14-41-18-8-9-19-21(11-18)38(13-22(29)30)36-23(19)26(40)34-16-4-6-17(7-5-16)42-27-20(24(32)39)10-15-12-33-37(3)25(15)35-27/h8-12,16-17,22H,4-7,13-14H2,1-3H3,(H2,32,39)(H,34,40). The number of rotatable bonds is 10. The van der Waals surface area contributed by atoms with Crippen molar-refractivity contribution in [2.75, 3.05) is 6.61 Å².